The van der Waals surface area contributed by atoms with Crippen molar-refractivity contribution in [1.82, 2.24) is 0 Å². The molecule has 1 amide bonds. The molecule has 134 valence electrons. The lowest BCUT2D eigenvalue weighted by Crippen LogP contribution is -2.13. The van der Waals surface area contributed by atoms with Gasteiger partial charge >= 0.3 is 0 Å². The van der Waals surface area contributed by atoms with Crippen LogP contribution < -0.4 is 10.1 Å². The smallest absolute Gasteiger partial charge is 0.288 e. The highest BCUT2D eigenvalue weighted by atomic mass is 79.9. The summed E-state index contributed by atoms with van der Waals surface area (Å²) in [4.78, 5) is 12.7. The third kappa shape index (κ3) is 5.58. The number of nitrogens with one attached hydrogen (secondary N) is 1. The van der Waals surface area contributed by atoms with Crippen molar-refractivity contribution in [2.45, 2.75) is 10.7 Å². The molecule has 0 atom stereocenters. The highest BCUT2D eigenvalue weighted by molar-refractivity contribution is 9.10. The quantitative estimate of drug-likeness (QED) is 0.376. The number of nitriles is 1. The van der Waals surface area contributed by atoms with E-state index in [4.69, 9.17) is 4.74 Å². The number of amides is 1. The van der Waals surface area contributed by atoms with Gasteiger partial charge in [-0.2, -0.15) is 14.0 Å². The largest absolute Gasteiger partial charge is 0.496 e. The Morgan fingerprint density at radius 1 is 1.31 bits per heavy atom. The molecule has 0 aliphatic heterocycles. The van der Waals surface area contributed by atoms with Crippen LogP contribution in [0, 0.1) is 11.3 Å². The van der Waals surface area contributed by atoms with Crippen molar-refractivity contribution >= 4 is 45.4 Å². The van der Waals surface area contributed by atoms with Crippen molar-refractivity contribution in [3.63, 3.8) is 0 Å². The Morgan fingerprint density at radius 2 is 2.00 bits per heavy atom. The fourth-order valence-corrected chi connectivity index (χ4v) is 2.92. The van der Waals surface area contributed by atoms with Gasteiger partial charge in [-0.15, -0.1) is 0 Å². The van der Waals surface area contributed by atoms with E-state index in [-0.39, 0.29) is 5.57 Å². The molecular weight excluding hydrogens is 426 g/mol. The second kappa shape index (κ2) is 9.36. The first-order valence-corrected chi connectivity index (χ1v) is 8.91. The number of methoxy groups -OCH3 is 1. The summed E-state index contributed by atoms with van der Waals surface area (Å²) in [5, 5.41) is 11.9. The van der Waals surface area contributed by atoms with Crippen molar-refractivity contribution in [3.05, 3.63) is 58.1 Å². The molecule has 2 rings (SSSR count). The van der Waals surface area contributed by atoms with Gasteiger partial charge in [0.2, 0.25) is 0 Å². The number of nitrogens with zero attached hydrogens (tertiary/aromatic N) is 1. The molecule has 4 nitrogen and oxygen atoms in total. The standard InChI is InChI=1S/C18H13BrF2N2O2S/c1-25-16-7-2-13(19)9-11(16)8-12(10-22)17(24)23-14-3-5-15(6-4-14)26-18(20)21/h2-9,18H,1H3,(H,23,24)/b12-8+. The van der Waals surface area contributed by atoms with Crippen molar-refractivity contribution in [1.29, 1.82) is 5.26 Å². The Hall–Kier alpha value is -2.37. The summed E-state index contributed by atoms with van der Waals surface area (Å²) in [6.45, 7) is 0. The van der Waals surface area contributed by atoms with Crippen LogP contribution >= 0.6 is 27.7 Å². The molecule has 2 aromatic rings. The number of alkyl halides is 2. The van der Waals surface area contributed by atoms with Gasteiger partial charge in [0.1, 0.15) is 17.4 Å². The van der Waals surface area contributed by atoms with Crippen molar-refractivity contribution in [3.8, 4) is 11.8 Å². The minimum absolute atomic E-state index is 0.118. The molecule has 0 fully saturated rings. The first-order chi connectivity index (χ1) is 12.4. The number of thioether (sulfide) groups is 1. The number of ether oxygens (including phenoxy) is 1. The molecule has 0 unspecified atom stereocenters. The van der Waals surface area contributed by atoms with Gasteiger partial charge in [-0.05, 0) is 48.5 Å². The summed E-state index contributed by atoms with van der Waals surface area (Å²) in [7, 11) is 1.49. The fourth-order valence-electron chi connectivity index (χ4n) is 2.04. The van der Waals surface area contributed by atoms with Gasteiger partial charge < -0.3 is 10.1 Å². The molecule has 0 heterocycles. The topological polar surface area (TPSA) is 62.1 Å². The van der Waals surface area contributed by atoms with Crippen LogP contribution in [-0.2, 0) is 4.79 Å². The normalized spacial score (nSPS) is 11.2. The zero-order valence-electron chi connectivity index (χ0n) is 13.5. The molecule has 0 bridgehead atoms. The Balaban J connectivity index is 2.19. The van der Waals surface area contributed by atoms with Crippen LogP contribution in [0.2, 0.25) is 0 Å². The molecule has 0 aromatic heterocycles. The van der Waals surface area contributed by atoms with Crippen molar-refractivity contribution in [2.24, 2.45) is 0 Å². The lowest BCUT2D eigenvalue weighted by atomic mass is 10.1. The first-order valence-electron chi connectivity index (χ1n) is 7.24. The van der Waals surface area contributed by atoms with E-state index in [0.717, 1.165) is 4.47 Å². The third-order valence-electron chi connectivity index (χ3n) is 3.19. The number of carbonyl (C=O) groups excluding carboxylic acids is 1. The molecule has 8 heteroatoms. The average molecular weight is 439 g/mol. The Kier molecular flexibility index (Phi) is 7.18. The second-order valence-electron chi connectivity index (χ2n) is 4.91. The Bertz CT molecular complexity index is 864. The monoisotopic (exact) mass is 438 g/mol. The molecular formula is C18H13BrF2N2O2S. The van der Waals surface area contributed by atoms with Gasteiger partial charge in [0.15, 0.2) is 0 Å². The zero-order chi connectivity index (χ0) is 19.1. The fraction of sp³-hybridized carbons (Fsp3) is 0.111. The second-order valence-corrected chi connectivity index (χ2v) is 6.89. The summed E-state index contributed by atoms with van der Waals surface area (Å²) in [6.07, 6.45) is 1.42. The zero-order valence-corrected chi connectivity index (χ0v) is 15.9. The van der Waals surface area contributed by atoms with Crippen molar-refractivity contribution in [2.75, 3.05) is 12.4 Å². The van der Waals surface area contributed by atoms with E-state index in [0.29, 0.717) is 33.7 Å². The molecule has 0 radical (unpaired) electrons. The van der Waals surface area contributed by atoms with Gasteiger partial charge in [0.05, 0.1) is 7.11 Å². The molecule has 0 saturated carbocycles. The van der Waals surface area contributed by atoms with E-state index >= 15 is 0 Å². The predicted molar refractivity (Wildman–Crippen MR) is 101 cm³/mol. The van der Waals surface area contributed by atoms with Crippen LogP contribution in [0.5, 0.6) is 5.75 Å². The molecule has 0 saturated heterocycles. The summed E-state index contributed by atoms with van der Waals surface area (Å²) >= 11 is 3.74. The minimum Gasteiger partial charge on any atom is -0.496 e. The van der Waals surface area contributed by atoms with Crippen LogP contribution in [0.25, 0.3) is 6.08 Å². The number of benzene rings is 2. The maximum Gasteiger partial charge on any atom is 0.288 e. The number of rotatable bonds is 6. The minimum atomic E-state index is -2.51. The highest BCUT2D eigenvalue weighted by Crippen LogP contribution is 2.27. The SMILES string of the molecule is COc1ccc(Br)cc1/C=C(\C#N)C(=O)Nc1ccc(SC(F)F)cc1. The van der Waals surface area contributed by atoms with Crippen LogP contribution in [0.1, 0.15) is 5.56 Å². The number of halogens is 3. The summed E-state index contributed by atoms with van der Waals surface area (Å²) in [6, 6.07) is 13.0. The first kappa shape index (κ1) is 19.9. The number of carbonyl (C=O) groups is 1. The third-order valence-corrected chi connectivity index (χ3v) is 4.41. The molecule has 0 aliphatic rings. The van der Waals surface area contributed by atoms with Crippen LogP contribution in [0.3, 0.4) is 0 Å². The Labute approximate surface area is 162 Å². The van der Waals surface area contributed by atoms with Gasteiger partial charge in [-0.1, -0.05) is 27.7 Å². The van der Waals surface area contributed by atoms with Gasteiger partial charge in [-0.3, -0.25) is 4.79 Å². The van der Waals surface area contributed by atoms with Gasteiger partial charge in [0.25, 0.3) is 11.7 Å². The van der Waals surface area contributed by atoms with E-state index in [1.165, 1.54) is 37.5 Å². The maximum atomic E-state index is 12.3. The van der Waals surface area contributed by atoms with E-state index in [9.17, 15) is 18.8 Å². The maximum absolute atomic E-state index is 12.3. The summed E-state index contributed by atoms with van der Waals surface area (Å²) in [5.41, 5.74) is 0.848. The number of hydrogen-bond acceptors (Lipinski definition) is 4. The molecule has 2 aromatic carbocycles. The highest BCUT2D eigenvalue weighted by Gasteiger charge is 2.12. The summed E-state index contributed by atoms with van der Waals surface area (Å²) in [5.74, 6) is -2.60. The number of hydrogen-bond donors (Lipinski definition) is 1. The molecule has 0 aliphatic carbocycles. The Morgan fingerprint density at radius 3 is 2.58 bits per heavy atom. The van der Waals surface area contributed by atoms with Gasteiger partial charge in [-0.25, -0.2) is 0 Å². The van der Waals surface area contributed by atoms with Gasteiger partial charge in [0, 0.05) is 20.6 Å². The van der Waals surface area contributed by atoms with Crippen molar-refractivity contribution < 1.29 is 18.3 Å². The number of anilines is 1. The van der Waals surface area contributed by atoms with E-state index < -0.39 is 11.7 Å². The summed E-state index contributed by atoms with van der Waals surface area (Å²) < 4.78 is 30.6. The lowest BCUT2D eigenvalue weighted by molar-refractivity contribution is -0.112. The van der Waals surface area contributed by atoms with Crippen LogP contribution in [0.15, 0.2) is 57.4 Å². The van der Waals surface area contributed by atoms with Crippen LogP contribution in [-0.4, -0.2) is 18.8 Å². The van der Waals surface area contributed by atoms with E-state index in [2.05, 4.69) is 21.2 Å². The van der Waals surface area contributed by atoms with E-state index in [1.54, 1.807) is 18.2 Å². The molecule has 1 N–H and O–H groups in total. The molecule has 0 spiro atoms. The average Bonchev–Trinajstić information content (AvgIpc) is 2.61. The predicted octanol–water partition coefficient (Wildman–Crippen LogP) is 5.32. The van der Waals surface area contributed by atoms with E-state index in [1.807, 2.05) is 6.07 Å². The molecule has 26 heavy (non-hydrogen) atoms. The van der Waals surface area contributed by atoms with Crippen LogP contribution in [0.4, 0.5) is 14.5 Å². The lowest BCUT2D eigenvalue weighted by Gasteiger charge is -2.08.